The van der Waals surface area contributed by atoms with E-state index >= 15 is 0 Å². The van der Waals surface area contributed by atoms with Crippen LogP contribution in [0.2, 0.25) is 0 Å². The summed E-state index contributed by atoms with van der Waals surface area (Å²) >= 11 is 0. The summed E-state index contributed by atoms with van der Waals surface area (Å²) in [6.07, 6.45) is 6.05. The fourth-order valence-electron chi connectivity index (χ4n) is 4.56. The second-order valence-electron chi connectivity index (χ2n) is 8.30. The van der Waals surface area contributed by atoms with E-state index < -0.39 is 6.10 Å². The number of allylic oxidation sites excluding steroid dienone is 1. The SMILES string of the molecule is O=C(/C=C/c1cn(C[C@H](O)CN2CCc3ccccc32)c2ccccc12)c1ccccc1. The van der Waals surface area contributed by atoms with Gasteiger partial charge < -0.3 is 14.6 Å². The molecule has 4 heteroatoms. The molecule has 0 saturated heterocycles. The van der Waals surface area contributed by atoms with Gasteiger partial charge in [-0.2, -0.15) is 0 Å². The number of nitrogens with zero attached hydrogens (tertiary/aromatic N) is 2. The number of anilines is 1. The first-order valence-electron chi connectivity index (χ1n) is 11.1. The average molecular weight is 423 g/mol. The number of ketones is 1. The predicted octanol–water partition coefficient (Wildman–Crippen LogP) is 4.96. The molecule has 1 aliphatic heterocycles. The quantitative estimate of drug-likeness (QED) is 0.338. The van der Waals surface area contributed by atoms with E-state index in [0.717, 1.165) is 29.4 Å². The van der Waals surface area contributed by atoms with Gasteiger partial charge in [-0.25, -0.2) is 0 Å². The summed E-state index contributed by atoms with van der Waals surface area (Å²) in [5.41, 5.74) is 5.28. The molecule has 0 spiro atoms. The smallest absolute Gasteiger partial charge is 0.185 e. The van der Waals surface area contributed by atoms with Crippen LogP contribution in [0.5, 0.6) is 0 Å². The van der Waals surface area contributed by atoms with Gasteiger partial charge in [0.25, 0.3) is 0 Å². The van der Waals surface area contributed by atoms with E-state index in [1.54, 1.807) is 6.08 Å². The average Bonchev–Trinajstić information content (AvgIpc) is 3.39. The highest BCUT2D eigenvalue weighted by Gasteiger charge is 2.21. The van der Waals surface area contributed by atoms with Crippen LogP contribution in [0.25, 0.3) is 17.0 Å². The van der Waals surface area contributed by atoms with E-state index in [1.165, 1.54) is 11.3 Å². The number of carbonyl (C=O) groups excluding carboxylic acids is 1. The van der Waals surface area contributed by atoms with Crippen molar-refractivity contribution in [1.82, 2.24) is 4.57 Å². The first-order chi connectivity index (χ1) is 15.7. The molecule has 4 nitrogen and oxygen atoms in total. The number of hydrogen-bond acceptors (Lipinski definition) is 3. The highest BCUT2D eigenvalue weighted by molar-refractivity contribution is 6.07. The Hall–Kier alpha value is -3.63. The Morgan fingerprint density at radius 3 is 2.56 bits per heavy atom. The summed E-state index contributed by atoms with van der Waals surface area (Å²) in [7, 11) is 0. The fourth-order valence-corrected chi connectivity index (χ4v) is 4.56. The Kier molecular flexibility index (Phi) is 5.61. The van der Waals surface area contributed by atoms with Gasteiger partial charge in [0.05, 0.1) is 12.6 Å². The van der Waals surface area contributed by atoms with E-state index in [2.05, 4.69) is 45.9 Å². The van der Waals surface area contributed by atoms with Crippen LogP contribution in [0.3, 0.4) is 0 Å². The number of benzene rings is 3. The number of carbonyl (C=O) groups is 1. The molecule has 32 heavy (non-hydrogen) atoms. The van der Waals surface area contributed by atoms with Gasteiger partial charge in [0.2, 0.25) is 0 Å². The normalized spacial score (nSPS) is 14.2. The lowest BCUT2D eigenvalue weighted by atomic mass is 10.1. The maximum Gasteiger partial charge on any atom is 0.185 e. The van der Waals surface area contributed by atoms with Crippen molar-refractivity contribution in [2.24, 2.45) is 0 Å². The van der Waals surface area contributed by atoms with Crippen LogP contribution in [-0.4, -0.2) is 34.7 Å². The maximum absolute atomic E-state index is 12.5. The Labute approximate surface area is 188 Å². The molecule has 1 N–H and O–H groups in total. The Bertz CT molecular complexity index is 1270. The fraction of sp³-hybridized carbons (Fsp3) is 0.179. The molecule has 0 saturated carbocycles. The monoisotopic (exact) mass is 422 g/mol. The molecule has 0 bridgehead atoms. The third-order valence-corrected chi connectivity index (χ3v) is 6.11. The van der Waals surface area contributed by atoms with Gasteiger partial charge in [-0.1, -0.05) is 66.7 Å². The molecule has 1 aromatic heterocycles. The molecule has 0 fully saturated rings. The van der Waals surface area contributed by atoms with E-state index in [0.29, 0.717) is 18.7 Å². The molecule has 4 aromatic rings. The number of rotatable bonds is 7. The number of hydrogen-bond donors (Lipinski definition) is 1. The molecule has 5 rings (SSSR count). The van der Waals surface area contributed by atoms with Crippen LogP contribution in [0.4, 0.5) is 5.69 Å². The van der Waals surface area contributed by atoms with Gasteiger partial charge in [0, 0.05) is 47.0 Å². The van der Waals surface area contributed by atoms with Gasteiger partial charge in [0.15, 0.2) is 5.78 Å². The lowest BCUT2D eigenvalue weighted by Crippen LogP contribution is -2.33. The number of aliphatic hydroxyl groups excluding tert-OH is 1. The Morgan fingerprint density at radius 1 is 0.938 bits per heavy atom. The van der Waals surface area contributed by atoms with Crippen molar-refractivity contribution in [3.63, 3.8) is 0 Å². The third-order valence-electron chi connectivity index (χ3n) is 6.11. The largest absolute Gasteiger partial charge is 0.389 e. The minimum atomic E-state index is -0.500. The minimum absolute atomic E-state index is 0.0184. The summed E-state index contributed by atoms with van der Waals surface area (Å²) in [4.78, 5) is 14.8. The summed E-state index contributed by atoms with van der Waals surface area (Å²) in [6.45, 7) is 2.04. The van der Waals surface area contributed by atoms with Gasteiger partial charge in [-0.05, 0) is 36.3 Å². The van der Waals surface area contributed by atoms with Crippen LogP contribution >= 0.6 is 0 Å². The molecular weight excluding hydrogens is 396 g/mol. The first-order valence-corrected chi connectivity index (χ1v) is 11.1. The number of β-amino-alcohol motifs (C(OH)–C–C–N with tert-alkyl or cyclic N) is 1. The third kappa shape index (κ3) is 4.10. The number of aromatic nitrogens is 1. The van der Waals surface area contributed by atoms with Crippen molar-refractivity contribution in [2.75, 3.05) is 18.0 Å². The molecule has 2 heterocycles. The molecule has 160 valence electrons. The van der Waals surface area contributed by atoms with Crippen LogP contribution < -0.4 is 4.90 Å². The van der Waals surface area contributed by atoms with Gasteiger partial charge in [-0.3, -0.25) is 4.79 Å². The van der Waals surface area contributed by atoms with Crippen molar-refractivity contribution in [2.45, 2.75) is 19.1 Å². The molecule has 0 aliphatic carbocycles. The van der Waals surface area contributed by atoms with Gasteiger partial charge in [0.1, 0.15) is 0 Å². The molecule has 1 atom stereocenters. The van der Waals surface area contributed by atoms with E-state index in [-0.39, 0.29) is 5.78 Å². The zero-order valence-electron chi connectivity index (χ0n) is 17.9. The van der Waals surface area contributed by atoms with E-state index in [1.807, 2.05) is 54.7 Å². The Balaban J connectivity index is 1.35. The second-order valence-corrected chi connectivity index (χ2v) is 8.30. The van der Waals surface area contributed by atoms with Crippen LogP contribution in [0.1, 0.15) is 21.5 Å². The first kappa shape index (κ1) is 20.3. The number of fused-ring (bicyclic) bond motifs is 2. The van der Waals surface area contributed by atoms with E-state index in [4.69, 9.17) is 0 Å². The zero-order chi connectivity index (χ0) is 21.9. The topological polar surface area (TPSA) is 45.5 Å². The van der Waals surface area contributed by atoms with Crippen LogP contribution in [-0.2, 0) is 13.0 Å². The molecule has 3 aromatic carbocycles. The standard InChI is InChI=1S/C28H26N2O2/c31-24(19-29-17-16-21-8-4-6-12-26(21)29)20-30-18-23(25-11-5-7-13-27(25)30)14-15-28(32)22-9-2-1-3-10-22/h1-15,18,24,31H,16-17,19-20H2/b15-14+/t24-/m1/s1. The highest BCUT2D eigenvalue weighted by atomic mass is 16.3. The summed E-state index contributed by atoms with van der Waals surface area (Å²) in [6, 6.07) is 25.8. The molecule has 0 amide bonds. The van der Waals surface area contributed by atoms with Gasteiger partial charge in [-0.15, -0.1) is 0 Å². The van der Waals surface area contributed by atoms with Crippen LogP contribution in [0.15, 0.2) is 91.1 Å². The molecule has 0 radical (unpaired) electrons. The summed E-state index contributed by atoms with van der Waals surface area (Å²) < 4.78 is 2.09. The number of para-hydroxylation sites is 2. The van der Waals surface area contributed by atoms with Gasteiger partial charge >= 0.3 is 0 Å². The van der Waals surface area contributed by atoms with Crippen molar-refractivity contribution in [3.8, 4) is 0 Å². The highest BCUT2D eigenvalue weighted by Crippen LogP contribution is 2.28. The van der Waals surface area contributed by atoms with E-state index in [9.17, 15) is 9.90 Å². The van der Waals surface area contributed by atoms with Crippen molar-refractivity contribution in [1.29, 1.82) is 0 Å². The minimum Gasteiger partial charge on any atom is -0.389 e. The summed E-state index contributed by atoms with van der Waals surface area (Å²) in [5, 5.41) is 12.0. The van der Waals surface area contributed by atoms with Crippen molar-refractivity contribution < 1.29 is 9.90 Å². The molecular formula is C28H26N2O2. The molecule has 1 aliphatic rings. The Morgan fingerprint density at radius 2 is 1.69 bits per heavy atom. The van der Waals surface area contributed by atoms with Crippen LogP contribution in [0, 0.1) is 0 Å². The summed E-state index contributed by atoms with van der Waals surface area (Å²) in [5.74, 6) is -0.0184. The lowest BCUT2D eigenvalue weighted by Gasteiger charge is -2.23. The maximum atomic E-state index is 12.5. The van der Waals surface area contributed by atoms with Crippen molar-refractivity contribution >= 4 is 28.4 Å². The lowest BCUT2D eigenvalue weighted by molar-refractivity contribution is 0.104. The van der Waals surface area contributed by atoms with Crippen molar-refractivity contribution in [3.05, 3.63) is 108 Å². The predicted molar refractivity (Wildman–Crippen MR) is 130 cm³/mol. The zero-order valence-corrected chi connectivity index (χ0v) is 17.9. The second kappa shape index (κ2) is 8.85. The molecule has 0 unspecified atom stereocenters. The number of aliphatic hydroxyl groups is 1.